The summed E-state index contributed by atoms with van der Waals surface area (Å²) in [6.07, 6.45) is 2.94. The van der Waals surface area contributed by atoms with Crippen LogP contribution in [0, 0.1) is 0 Å². The highest BCUT2D eigenvalue weighted by molar-refractivity contribution is 5.75. The van der Waals surface area contributed by atoms with E-state index in [9.17, 15) is 4.79 Å². The lowest BCUT2D eigenvalue weighted by molar-refractivity contribution is -0.129. The third kappa shape index (κ3) is 3.06. The van der Waals surface area contributed by atoms with Gasteiger partial charge in [-0.3, -0.25) is 9.48 Å². The number of benzene rings is 1. The van der Waals surface area contributed by atoms with E-state index in [0.29, 0.717) is 6.54 Å². The average molecular weight is 352 g/mol. The van der Waals surface area contributed by atoms with Gasteiger partial charge in [0.2, 0.25) is 5.91 Å². The first-order valence-electron chi connectivity index (χ1n) is 8.86. The summed E-state index contributed by atoms with van der Waals surface area (Å²) >= 11 is 0. The molecule has 0 aliphatic carbocycles. The van der Waals surface area contributed by atoms with Crippen LogP contribution in [-0.4, -0.2) is 45.7 Å². The predicted octanol–water partition coefficient (Wildman–Crippen LogP) is 1.86. The molecule has 0 bridgehead atoms. The maximum absolute atomic E-state index is 11.8. The van der Waals surface area contributed by atoms with Gasteiger partial charge in [0.05, 0.1) is 6.54 Å². The fourth-order valence-electron chi connectivity index (χ4n) is 3.61. The van der Waals surface area contributed by atoms with Crippen molar-refractivity contribution >= 4 is 23.0 Å². The van der Waals surface area contributed by atoms with Crippen molar-refractivity contribution in [2.24, 2.45) is 7.05 Å². The van der Waals surface area contributed by atoms with Crippen LogP contribution in [-0.2, 0) is 24.8 Å². The first-order valence-corrected chi connectivity index (χ1v) is 8.86. The molecule has 26 heavy (non-hydrogen) atoms. The molecule has 0 saturated carbocycles. The maximum Gasteiger partial charge on any atom is 0.219 e. The van der Waals surface area contributed by atoms with E-state index in [1.54, 1.807) is 6.92 Å². The highest BCUT2D eigenvalue weighted by atomic mass is 16.2. The van der Waals surface area contributed by atoms with Gasteiger partial charge in [0.1, 0.15) is 0 Å². The van der Waals surface area contributed by atoms with Crippen LogP contribution in [0.5, 0.6) is 0 Å². The molecule has 1 aromatic heterocycles. The molecule has 0 saturated heterocycles. The van der Waals surface area contributed by atoms with Crippen molar-refractivity contribution in [2.45, 2.75) is 19.9 Å². The molecule has 0 atom stereocenters. The molecule has 3 heterocycles. The second kappa shape index (κ2) is 6.49. The van der Waals surface area contributed by atoms with E-state index in [4.69, 9.17) is 0 Å². The fourth-order valence-corrected chi connectivity index (χ4v) is 3.61. The van der Waals surface area contributed by atoms with E-state index in [0.717, 1.165) is 36.6 Å². The Morgan fingerprint density at radius 1 is 1.31 bits per heavy atom. The van der Waals surface area contributed by atoms with Crippen molar-refractivity contribution in [3.63, 3.8) is 0 Å². The standard InChI is InChI=1S/C19H24N6O/c1-13(26)25-8-7-18-17(12-25)19(22-24(18)3)21-16-6-4-5-14(9-16)15-10-20-23(2)11-15/h4-6,9,11,20H,7-8,10,12H2,1-3H3,(H,21,22). The van der Waals surface area contributed by atoms with E-state index < -0.39 is 0 Å². The van der Waals surface area contributed by atoms with Crippen LogP contribution >= 0.6 is 0 Å². The molecule has 136 valence electrons. The van der Waals surface area contributed by atoms with Crippen molar-refractivity contribution in [3.05, 3.63) is 47.3 Å². The number of carbonyl (C=O) groups is 1. The van der Waals surface area contributed by atoms with Crippen molar-refractivity contribution < 1.29 is 4.79 Å². The van der Waals surface area contributed by atoms with Gasteiger partial charge in [0.25, 0.3) is 0 Å². The Balaban J connectivity index is 1.61. The zero-order chi connectivity index (χ0) is 18.3. The Kier molecular flexibility index (Phi) is 4.16. The summed E-state index contributed by atoms with van der Waals surface area (Å²) in [6, 6.07) is 8.35. The molecule has 2 N–H and O–H groups in total. The summed E-state index contributed by atoms with van der Waals surface area (Å²) < 4.78 is 1.93. The Morgan fingerprint density at radius 3 is 2.88 bits per heavy atom. The SMILES string of the molecule is CC(=O)N1CCc2c(c(Nc3cccc(C4=CN(C)NC4)c3)nn2C)C1. The van der Waals surface area contributed by atoms with Crippen molar-refractivity contribution in [1.82, 2.24) is 25.1 Å². The van der Waals surface area contributed by atoms with Gasteiger partial charge in [-0.1, -0.05) is 12.1 Å². The number of aryl methyl sites for hydroxylation is 1. The van der Waals surface area contributed by atoms with Crippen molar-refractivity contribution in [2.75, 3.05) is 25.5 Å². The normalized spacial score (nSPS) is 16.5. The van der Waals surface area contributed by atoms with Crippen LogP contribution in [0.15, 0.2) is 30.5 Å². The van der Waals surface area contributed by atoms with Gasteiger partial charge in [-0.15, -0.1) is 0 Å². The molecule has 0 fully saturated rings. The van der Waals surface area contributed by atoms with Crippen LogP contribution in [0.4, 0.5) is 11.5 Å². The summed E-state index contributed by atoms with van der Waals surface area (Å²) in [4.78, 5) is 13.6. The molecule has 7 nitrogen and oxygen atoms in total. The number of anilines is 2. The number of carbonyl (C=O) groups excluding carboxylic acids is 1. The number of hydrazine groups is 1. The van der Waals surface area contributed by atoms with Crippen LogP contribution in [0.3, 0.4) is 0 Å². The molecule has 2 aromatic rings. The van der Waals surface area contributed by atoms with E-state index in [1.165, 1.54) is 16.8 Å². The third-order valence-corrected chi connectivity index (χ3v) is 5.05. The van der Waals surface area contributed by atoms with Gasteiger partial charge >= 0.3 is 0 Å². The summed E-state index contributed by atoms with van der Waals surface area (Å²) in [5.41, 5.74) is 9.01. The number of nitrogens with zero attached hydrogens (tertiary/aromatic N) is 4. The zero-order valence-electron chi connectivity index (χ0n) is 15.4. The zero-order valence-corrected chi connectivity index (χ0v) is 15.4. The molecular weight excluding hydrogens is 328 g/mol. The van der Waals surface area contributed by atoms with Crippen molar-refractivity contribution in [1.29, 1.82) is 0 Å². The highest BCUT2D eigenvalue weighted by Gasteiger charge is 2.25. The summed E-state index contributed by atoms with van der Waals surface area (Å²) in [6.45, 7) is 3.82. The first kappa shape index (κ1) is 16.7. The second-order valence-electron chi connectivity index (χ2n) is 6.89. The Bertz CT molecular complexity index is 884. The molecule has 2 aliphatic rings. The highest BCUT2D eigenvalue weighted by Crippen LogP contribution is 2.29. The van der Waals surface area contributed by atoms with Crippen molar-refractivity contribution in [3.8, 4) is 0 Å². The van der Waals surface area contributed by atoms with E-state index in [1.807, 2.05) is 40.8 Å². The molecular formula is C19H24N6O. The van der Waals surface area contributed by atoms with E-state index >= 15 is 0 Å². The molecule has 0 unspecified atom stereocenters. The van der Waals surface area contributed by atoms with Crippen LogP contribution < -0.4 is 10.7 Å². The minimum atomic E-state index is 0.109. The van der Waals surface area contributed by atoms with E-state index in [2.05, 4.69) is 34.2 Å². The van der Waals surface area contributed by atoms with Gasteiger partial charge in [-0.25, -0.2) is 5.43 Å². The Labute approximate surface area is 153 Å². The largest absolute Gasteiger partial charge is 0.338 e. The van der Waals surface area contributed by atoms with Gasteiger partial charge in [0.15, 0.2) is 5.82 Å². The van der Waals surface area contributed by atoms with Crippen LogP contribution in [0.25, 0.3) is 5.57 Å². The molecule has 0 radical (unpaired) electrons. The molecule has 7 heteroatoms. The fraction of sp³-hybridized carbons (Fsp3) is 0.368. The van der Waals surface area contributed by atoms with Crippen LogP contribution in [0.2, 0.25) is 0 Å². The maximum atomic E-state index is 11.8. The second-order valence-corrected chi connectivity index (χ2v) is 6.89. The molecule has 4 rings (SSSR count). The summed E-state index contributed by atoms with van der Waals surface area (Å²) in [5, 5.41) is 10.1. The van der Waals surface area contributed by atoms with Gasteiger partial charge in [-0.2, -0.15) is 5.10 Å². The quantitative estimate of drug-likeness (QED) is 0.883. The van der Waals surface area contributed by atoms with Gasteiger partial charge < -0.3 is 15.2 Å². The molecule has 2 aliphatic heterocycles. The minimum absolute atomic E-state index is 0.109. The number of aromatic nitrogens is 2. The number of rotatable bonds is 3. The third-order valence-electron chi connectivity index (χ3n) is 5.05. The molecule has 1 aromatic carbocycles. The number of hydrogen-bond donors (Lipinski definition) is 2. The number of nitrogens with one attached hydrogen (secondary N) is 2. The number of amides is 1. The lowest BCUT2D eigenvalue weighted by atomic mass is 10.1. The lowest BCUT2D eigenvalue weighted by Crippen LogP contribution is -2.34. The topological polar surface area (TPSA) is 65.4 Å². The van der Waals surface area contributed by atoms with Crippen LogP contribution in [0.1, 0.15) is 23.7 Å². The predicted molar refractivity (Wildman–Crippen MR) is 101 cm³/mol. The Hall–Kier alpha value is -2.80. The lowest BCUT2D eigenvalue weighted by Gasteiger charge is -2.26. The molecule has 0 spiro atoms. The summed E-state index contributed by atoms with van der Waals surface area (Å²) in [5.74, 6) is 0.943. The van der Waals surface area contributed by atoms with E-state index in [-0.39, 0.29) is 5.91 Å². The number of fused-ring (bicyclic) bond motifs is 1. The smallest absolute Gasteiger partial charge is 0.219 e. The van der Waals surface area contributed by atoms with Gasteiger partial charge in [0, 0.05) is 63.7 Å². The Morgan fingerprint density at radius 2 is 2.15 bits per heavy atom. The summed E-state index contributed by atoms with van der Waals surface area (Å²) in [7, 11) is 3.96. The average Bonchev–Trinajstić information content (AvgIpc) is 3.19. The minimum Gasteiger partial charge on any atom is -0.338 e. The molecule has 1 amide bonds. The first-order chi connectivity index (χ1) is 12.5. The number of hydrogen-bond acceptors (Lipinski definition) is 5. The van der Waals surface area contributed by atoms with Gasteiger partial charge in [-0.05, 0) is 23.3 Å². The monoisotopic (exact) mass is 352 g/mol.